The van der Waals surface area contributed by atoms with E-state index >= 15 is 0 Å². The van der Waals surface area contributed by atoms with Crippen LogP contribution in [0, 0.1) is 0 Å². The summed E-state index contributed by atoms with van der Waals surface area (Å²) in [5, 5.41) is 6.92. The lowest BCUT2D eigenvalue weighted by molar-refractivity contribution is -0.133. The molecule has 0 bridgehead atoms. The Morgan fingerprint density at radius 3 is 2.67 bits per heavy atom. The van der Waals surface area contributed by atoms with Gasteiger partial charge in [-0.2, -0.15) is 0 Å². The zero-order valence-corrected chi connectivity index (χ0v) is 20.1. The summed E-state index contributed by atoms with van der Waals surface area (Å²) >= 11 is 6.07. The minimum Gasteiger partial charge on any atom is -0.350 e. The third kappa shape index (κ3) is 5.28. The van der Waals surface area contributed by atoms with E-state index in [2.05, 4.69) is 46.3 Å². The molecule has 0 radical (unpaired) electrons. The number of benzene rings is 1. The molecule has 0 spiro atoms. The van der Waals surface area contributed by atoms with Gasteiger partial charge in [0.1, 0.15) is 18.0 Å². The third-order valence-electron chi connectivity index (χ3n) is 6.29. The Morgan fingerprint density at radius 1 is 1.21 bits per heavy atom. The van der Waals surface area contributed by atoms with Crippen LogP contribution in [0.4, 0.5) is 11.6 Å². The van der Waals surface area contributed by atoms with Crippen molar-refractivity contribution in [2.24, 2.45) is 0 Å². The van der Waals surface area contributed by atoms with Crippen molar-refractivity contribution in [2.75, 3.05) is 36.4 Å². The van der Waals surface area contributed by atoms with Crippen molar-refractivity contribution in [3.8, 4) is 0 Å². The second-order valence-electron chi connectivity index (χ2n) is 9.07. The van der Waals surface area contributed by atoms with E-state index < -0.39 is 0 Å². The molecule has 8 nitrogen and oxygen atoms in total. The first-order valence-electron chi connectivity index (χ1n) is 11.5. The molecule has 0 saturated carbocycles. The molecule has 9 heteroatoms. The first kappa shape index (κ1) is 23.4. The van der Waals surface area contributed by atoms with Gasteiger partial charge in [-0.15, -0.1) is 0 Å². The monoisotopic (exact) mass is 470 g/mol. The molecular weight excluding hydrogens is 440 g/mol. The molecule has 33 heavy (non-hydrogen) atoms. The van der Waals surface area contributed by atoms with Gasteiger partial charge in [-0.25, -0.2) is 9.97 Å². The highest BCUT2D eigenvalue weighted by Gasteiger charge is 2.34. The molecule has 176 valence electrons. The minimum atomic E-state index is -0.273. The summed E-state index contributed by atoms with van der Waals surface area (Å²) in [7, 11) is 0. The highest BCUT2D eigenvalue weighted by Crippen LogP contribution is 2.31. The SMILES string of the molecule is CC(C)NC[C@@H](C(=O)N1CCN(c2ncnc3c2CCC(=O)N3)[C@@H](C)C1)c1ccc(Cl)cc1. The predicted molar refractivity (Wildman–Crippen MR) is 130 cm³/mol. The Labute approximate surface area is 199 Å². The fourth-order valence-corrected chi connectivity index (χ4v) is 4.64. The summed E-state index contributed by atoms with van der Waals surface area (Å²) < 4.78 is 0. The smallest absolute Gasteiger partial charge is 0.231 e. The molecule has 3 heterocycles. The van der Waals surface area contributed by atoms with Crippen LogP contribution in [0.25, 0.3) is 0 Å². The van der Waals surface area contributed by atoms with Crippen LogP contribution in [0.15, 0.2) is 30.6 Å². The summed E-state index contributed by atoms with van der Waals surface area (Å²) in [5.74, 6) is 1.29. The van der Waals surface area contributed by atoms with E-state index in [0.717, 1.165) is 16.9 Å². The Balaban J connectivity index is 1.50. The summed E-state index contributed by atoms with van der Waals surface area (Å²) in [5.41, 5.74) is 1.94. The van der Waals surface area contributed by atoms with Gasteiger partial charge in [-0.1, -0.05) is 37.6 Å². The molecule has 1 fully saturated rings. The van der Waals surface area contributed by atoms with Gasteiger partial charge in [-0.3, -0.25) is 9.59 Å². The number of nitrogens with zero attached hydrogens (tertiary/aromatic N) is 4. The van der Waals surface area contributed by atoms with E-state index in [1.807, 2.05) is 29.2 Å². The van der Waals surface area contributed by atoms with Crippen LogP contribution >= 0.6 is 11.6 Å². The number of carbonyl (C=O) groups is 2. The number of aromatic nitrogens is 2. The van der Waals surface area contributed by atoms with Gasteiger partial charge in [0.25, 0.3) is 0 Å². The predicted octanol–water partition coefficient (Wildman–Crippen LogP) is 2.83. The van der Waals surface area contributed by atoms with Crippen LogP contribution in [-0.2, 0) is 16.0 Å². The number of carbonyl (C=O) groups excluding carboxylic acids is 2. The number of halogens is 1. The third-order valence-corrected chi connectivity index (χ3v) is 6.55. The normalized spacial score (nSPS) is 19.3. The van der Waals surface area contributed by atoms with Gasteiger partial charge in [0.2, 0.25) is 11.8 Å². The molecule has 2 aliphatic heterocycles. The van der Waals surface area contributed by atoms with E-state index in [9.17, 15) is 9.59 Å². The molecule has 1 aromatic carbocycles. The van der Waals surface area contributed by atoms with Crippen molar-refractivity contribution in [3.63, 3.8) is 0 Å². The van der Waals surface area contributed by atoms with E-state index in [0.29, 0.717) is 49.9 Å². The van der Waals surface area contributed by atoms with Crippen molar-refractivity contribution in [3.05, 3.63) is 46.7 Å². The van der Waals surface area contributed by atoms with E-state index in [4.69, 9.17) is 11.6 Å². The molecule has 4 rings (SSSR count). The molecule has 2 amide bonds. The number of anilines is 2. The summed E-state index contributed by atoms with van der Waals surface area (Å²) in [6.07, 6.45) is 2.56. The number of nitrogens with one attached hydrogen (secondary N) is 2. The van der Waals surface area contributed by atoms with E-state index in [-0.39, 0.29) is 29.8 Å². The Kier molecular flexibility index (Phi) is 7.14. The molecular formula is C24H31ClN6O2. The zero-order valence-electron chi connectivity index (χ0n) is 19.3. The summed E-state index contributed by atoms with van der Waals surface area (Å²) in [6.45, 7) is 8.74. The van der Waals surface area contributed by atoms with Crippen molar-refractivity contribution in [1.29, 1.82) is 0 Å². The maximum atomic E-state index is 13.6. The van der Waals surface area contributed by atoms with Crippen molar-refractivity contribution in [2.45, 2.75) is 51.6 Å². The molecule has 0 aliphatic carbocycles. The quantitative estimate of drug-likeness (QED) is 0.674. The van der Waals surface area contributed by atoms with Gasteiger partial charge in [-0.05, 0) is 31.0 Å². The summed E-state index contributed by atoms with van der Waals surface area (Å²) in [4.78, 5) is 38.3. The number of amides is 2. The molecule has 1 saturated heterocycles. The lowest BCUT2D eigenvalue weighted by Crippen LogP contribution is -2.55. The van der Waals surface area contributed by atoms with Crippen molar-refractivity contribution >= 4 is 35.1 Å². The van der Waals surface area contributed by atoms with E-state index in [1.165, 1.54) is 6.33 Å². The van der Waals surface area contributed by atoms with Crippen molar-refractivity contribution in [1.82, 2.24) is 20.2 Å². The first-order valence-corrected chi connectivity index (χ1v) is 11.9. The number of rotatable bonds is 6. The number of hydrogen-bond acceptors (Lipinski definition) is 6. The Hall–Kier alpha value is -2.71. The number of fused-ring (bicyclic) bond motifs is 1. The van der Waals surface area contributed by atoms with E-state index in [1.54, 1.807) is 0 Å². The van der Waals surface area contributed by atoms with Crippen LogP contribution in [0.3, 0.4) is 0 Å². The molecule has 0 unspecified atom stereocenters. The highest BCUT2D eigenvalue weighted by molar-refractivity contribution is 6.30. The molecule has 2 aromatic rings. The van der Waals surface area contributed by atoms with Crippen LogP contribution < -0.4 is 15.5 Å². The van der Waals surface area contributed by atoms with Gasteiger partial charge in [0, 0.05) is 55.3 Å². The lowest BCUT2D eigenvalue weighted by Gasteiger charge is -2.42. The van der Waals surface area contributed by atoms with Gasteiger partial charge in [0.05, 0.1) is 5.92 Å². The number of piperazine rings is 1. The maximum Gasteiger partial charge on any atom is 0.231 e. The fourth-order valence-electron chi connectivity index (χ4n) is 4.51. The van der Waals surface area contributed by atoms with Gasteiger partial charge in [0.15, 0.2) is 0 Å². The van der Waals surface area contributed by atoms with Crippen LogP contribution in [0.2, 0.25) is 5.02 Å². The van der Waals surface area contributed by atoms with Crippen LogP contribution in [0.1, 0.15) is 44.2 Å². The molecule has 2 aliphatic rings. The standard InChI is InChI=1S/C24H31ClN6O2/c1-15(2)26-12-20(17-4-6-18(25)7-5-17)24(33)30-10-11-31(16(3)13-30)23-19-8-9-21(32)29-22(19)27-14-28-23/h4-7,14-16,20,26H,8-13H2,1-3H3,(H,27,28,29,32)/t16-,20+/m0/s1. The number of hydrogen-bond donors (Lipinski definition) is 2. The van der Waals surface area contributed by atoms with Crippen LogP contribution in [0.5, 0.6) is 0 Å². The molecule has 1 aromatic heterocycles. The Bertz CT molecular complexity index is 1010. The largest absolute Gasteiger partial charge is 0.350 e. The Morgan fingerprint density at radius 2 is 1.97 bits per heavy atom. The average molecular weight is 471 g/mol. The van der Waals surface area contributed by atoms with Gasteiger partial charge < -0.3 is 20.4 Å². The second-order valence-corrected chi connectivity index (χ2v) is 9.50. The molecule has 2 atom stereocenters. The molecule has 2 N–H and O–H groups in total. The second kappa shape index (κ2) is 10.1. The van der Waals surface area contributed by atoms with Crippen LogP contribution in [-0.4, -0.2) is 64.9 Å². The highest BCUT2D eigenvalue weighted by atomic mass is 35.5. The van der Waals surface area contributed by atoms with Gasteiger partial charge >= 0.3 is 0 Å². The average Bonchev–Trinajstić information content (AvgIpc) is 2.79. The maximum absolute atomic E-state index is 13.6. The fraction of sp³-hybridized carbons (Fsp3) is 0.500. The zero-order chi connectivity index (χ0) is 23.5. The summed E-state index contributed by atoms with van der Waals surface area (Å²) in [6, 6.07) is 7.92. The minimum absolute atomic E-state index is 0.0149. The van der Waals surface area contributed by atoms with Crippen molar-refractivity contribution < 1.29 is 9.59 Å². The lowest BCUT2D eigenvalue weighted by atomic mass is 9.96. The topological polar surface area (TPSA) is 90.5 Å². The first-order chi connectivity index (χ1) is 15.8.